The predicted molar refractivity (Wildman–Crippen MR) is 121 cm³/mol. The second-order valence-corrected chi connectivity index (χ2v) is 7.88. The van der Waals surface area contributed by atoms with Crippen LogP contribution in [0.5, 0.6) is 0 Å². The molecule has 162 valence electrons. The summed E-state index contributed by atoms with van der Waals surface area (Å²) in [6.45, 7) is 3.67. The quantitative estimate of drug-likeness (QED) is 0.462. The molecule has 2 aromatic carbocycles. The molecule has 1 saturated heterocycles. The van der Waals surface area contributed by atoms with Crippen LogP contribution in [0.25, 0.3) is 11.4 Å². The second kappa shape index (κ2) is 8.89. The number of benzene rings is 2. The van der Waals surface area contributed by atoms with E-state index in [0.29, 0.717) is 17.9 Å². The standard InChI is InChI=1S/C22H21ClN8O/c23-21-19(15-24-31(22(21)32)18-9-5-2-6-10-18)29-13-11-28(12-14-29)16-20-25-26-27-30(20)17-7-3-1-4-8-17/h1-10,15H,11-14,16H2. The van der Waals surface area contributed by atoms with Crippen molar-refractivity contribution in [2.45, 2.75) is 6.54 Å². The Labute approximate surface area is 189 Å². The van der Waals surface area contributed by atoms with Gasteiger partial charge in [0.2, 0.25) is 0 Å². The number of piperazine rings is 1. The van der Waals surface area contributed by atoms with Crippen molar-refractivity contribution >= 4 is 17.3 Å². The highest BCUT2D eigenvalue weighted by molar-refractivity contribution is 6.33. The maximum Gasteiger partial charge on any atom is 0.292 e. The van der Waals surface area contributed by atoms with Crippen molar-refractivity contribution in [3.05, 3.63) is 88.1 Å². The van der Waals surface area contributed by atoms with Gasteiger partial charge in [-0.15, -0.1) is 5.10 Å². The van der Waals surface area contributed by atoms with E-state index in [0.717, 1.165) is 37.7 Å². The van der Waals surface area contributed by atoms with Crippen molar-refractivity contribution in [3.63, 3.8) is 0 Å². The molecule has 1 aliphatic rings. The molecule has 1 fully saturated rings. The van der Waals surface area contributed by atoms with Gasteiger partial charge in [-0.1, -0.05) is 48.0 Å². The van der Waals surface area contributed by atoms with Crippen LogP contribution in [0.2, 0.25) is 5.02 Å². The Balaban J connectivity index is 1.28. The molecule has 0 radical (unpaired) electrons. The van der Waals surface area contributed by atoms with Crippen LogP contribution in [0.15, 0.2) is 71.7 Å². The van der Waals surface area contributed by atoms with Crippen LogP contribution in [-0.2, 0) is 6.54 Å². The number of hydrogen-bond donors (Lipinski definition) is 0. The molecule has 1 aliphatic heterocycles. The maximum absolute atomic E-state index is 12.8. The molecule has 5 rings (SSSR count). The third-order valence-corrected chi connectivity index (χ3v) is 5.87. The predicted octanol–water partition coefficient (Wildman–Crippen LogP) is 2.18. The lowest BCUT2D eigenvalue weighted by atomic mass is 10.2. The number of rotatable bonds is 5. The van der Waals surface area contributed by atoms with Crippen molar-refractivity contribution in [1.29, 1.82) is 0 Å². The van der Waals surface area contributed by atoms with Gasteiger partial charge in [-0.3, -0.25) is 9.69 Å². The highest BCUT2D eigenvalue weighted by Crippen LogP contribution is 2.23. The molecule has 9 nitrogen and oxygen atoms in total. The molecular weight excluding hydrogens is 428 g/mol. The monoisotopic (exact) mass is 448 g/mol. The number of halogens is 1. The molecule has 0 spiro atoms. The van der Waals surface area contributed by atoms with Crippen LogP contribution in [0.1, 0.15) is 5.82 Å². The van der Waals surface area contributed by atoms with Gasteiger partial charge < -0.3 is 4.90 Å². The summed E-state index contributed by atoms with van der Waals surface area (Å²) in [6.07, 6.45) is 1.67. The van der Waals surface area contributed by atoms with Gasteiger partial charge in [0.05, 0.1) is 29.8 Å². The molecular formula is C22H21ClN8O. The summed E-state index contributed by atoms with van der Waals surface area (Å²) in [4.78, 5) is 17.2. The Bertz CT molecular complexity index is 1250. The smallest absolute Gasteiger partial charge is 0.292 e. The summed E-state index contributed by atoms with van der Waals surface area (Å²) in [6, 6.07) is 19.1. The van der Waals surface area contributed by atoms with Gasteiger partial charge in [0.1, 0.15) is 5.02 Å². The molecule has 0 bridgehead atoms. The molecule has 4 aromatic rings. The molecule has 3 heterocycles. The highest BCUT2D eigenvalue weighted by atomic mass is 35.5. The Morgan fingerprint density at radius 1 is 0.844 bits per heavy atom. The average Bonchev–Trinajstić information content (AvgIpc) is 3.31. The zero-order chi connectivity index (χ0) is 21.9. The van der Waals surface area contributed by atoms with E-state index in [9.17, 15) is 4.79 Å². The Morgan fingerprint density at radius 2 is 1.47 bits per heavy atom. The van der Waals surface area contributed by atoms with Gasteiger partial charge in [-0.05, 0) is 34.7 Å². The third-order valence-electron chi connectivity index (χ3n) is 5.51. The van der Waals surface area contributed by atoms with Gasteiger partial charge in [0, 0.05) is 26.2 Å². The minimum absolute atomic E-state index is 0.185. The zero-order valence-corrected chi connectivity index (χ0v) is 18.0. The molecule has 0 aliphatic carbocycles. The number of nitrogens with zero attached hydrogens (tertiary/aromatic N) is 8. The van der Waals surface area contributed by atoms with Crippen LogP contribution in [-0.4, -0.2) is 61.1 Å². The van der Waals surface area contributed by atoms with Crippen molar-refractivity contribution in [1.82, 2.24) is 34.9 Å². The van der Waals surface area contributed by atoms with Gasteiger partial charge in [-0.2, -0.15) is 14.5 Å². The molecule has 0 unspecified atom stereocenters. The van der Waals surface area contributed by atoms with E-state index < -0.39 is 0 Å². The van der Waals surface area contributed by atoms with Crippen LogP contribution in [0.4, 0.5) is 5.69 Å². The molecule has 0 amide bonds. The lowest BCUT2D eigenvalue weighted by Gasteiger charge is -2.35. The fourth-order valence-electron chi connectivity index (χ4n) is 3.82. The Hall–Kier alpha value is -3.56. The summed E-state index contributed by atoms with van der Waals surface area (Å²) in [5.41, 5.74) is 1.97. The van der Waals surface area contributed by atoms with Crippen LogP contribution >= 0.6 is 11.6 Å². The average molecular weight is 449 g/mol. The zero-order valence-electron chi connectivity index (χ0n) is 17.3. The summed E-state index contributed by atoms with van der Waals surface area (Å²) >= 11 is 6.46. The van der Waals surface area contributed by atoms with E-state index in [4.69, 9.17) is 11.6 Å². The SMILES string of the molecule is O=c1c(Cl)c(N2CCN(Cc3nnnn3-c3ccccc3)CC2)cnn1-c1ccccc1. The van der Waals surface area contributed by atoms with Crippen molar-refractivity contribution in [3.8, 4) is 11.4 Å². The summed E-state index contributed by atoms with van der Waals surface area (Å²) < 4.78 is 3.09. The molecule has 0 atom stereocenters. The molecule has 10 heteroatoms. The van der Waals surface area contributed by atoms with E-state index in [1.165, 1.54) is 4.68 Å². The van der Waals surface area contributed by atoms with Crippen molar-refractivity contribution in [2.75, 3.05) is 31.1 Å². The first-order valence-electron chi connectivity index (χ1n) is 10.3. The van der Waals surface area contributed by atoms with Crippen LogP contribution in [0, 0.1) is 0 Å². The Kier molecular flexibility index (Phi) is 5.66. The lowest BCUT2D eigenvalue weighted by Crippen LogP contribution is -2.46. The molecule has 0 N–H and O–H groups in total. The van der Waals surface area contributed by atoms with Crippen molar-refractivity contribution < 1.29 is 0 Å². The molecule has 0 saturated carbocycles. The van der Waals surface area contributed by atoms with Crippen molar-refractivity contribution in [2.24, 2.45) is 0 Å². The molecule has 32 heavy (non-hydrogen) atoms. The maximum atomic E-state index is 12.8. The minimum atomic E-state index is -0.320. The summed E-state index contributed by atoms with van der Waals surface area (Å²) in [7, 11) is 0. The first-order valence-corrected chi connectivity index (χ1v) is 10.7. The van der Waals surface area contributed by atoms with Gasteiger partial charge in [0.25, 0.3) is 5.56 Å². The summed E-state index contributed by atoms with van der Waals surface area (Å²) in [5.74, 6) is 0.787. The molecule has 2 aromatic heterocycles. The number of anilines is 1. The number of hydrogen-bond acceptors (Lipinski definition) is 7. The topological polar surface area (TPSA) is 85.0 Å². The second-order valence-electron chi connectivity index (χ2n) is 7.50. The Morgan fingerprint density at radius 3 is 2.12 bits per heavy atom. The highest BCUT2D eigenvalue weighted by Gasteiger charge is 2.23. The van der Waals surface area contributed by atoms with E-state index in [1.54, 1.807) is 10.9 Å². The fraction of sp³-hybridized carbons (Fsp3) is 0.227. The first-order chi connectivity index (χ1) is 15.7. The minimum Gasteiger partial charge on any atom is -0.366 e. The number of para-hydroxylation sites is 2. The van der Waals surface area contributed by atoms with E-state index in [2.05, 4.69) is 30.4 Å². The first kappa shape index (κ1) is 20.3. The van der Waals surface area contributed by atoms with E-state index in [1.807, 2.05) is 60.7 Å². The summed E-state index contributed by atoms with van der Waals surface area (Å²) in [5, 5.41) is 16.7. The third kappa shape index (κ3) is 4.00. The van der Waals surface area contributed by atoms with Gasteiger partial charge in [0.15, 0.2) is 5.82 Å². The van der Waals surface area contributed by atoms with Gasteiger partial charge in [-0.25, -0.2) is 0 Å². The largest absolute Gasteiger partial charge is 0.366 e. The fourth-order valence-corrected chi connectivity index (χ4v) is 4.07. The van der Waals surface area contributed by atoms with E-state index in [-0.39, 0.29) is 10.6 Å². The van der Waals surface area contributed by atoms with Crippen LogP contribution in [0.3, 0.4) is 0 Å². The number of tetrazole rings is 1. The number of aromatic nitrogens is 6. The van der Waals surface area contributed by atoms with Gasteiger partial charge >= 0.3 is 0 Å². The lowest BCUT2D eigenvalue weighted by molar-refractivity contribution is 0.242. The normalized spacial score (nSPS) is 14.6. The van der Waals surface area contributed by atoms with Crippen LogP contribution < -0.4 is 10.5 Å². The van der Waals surface area contributed by atoms with E-state index >= 15 is 0 Å².